The molecule has 0 fully saturated rings. The van der Waals surface area contributed by atoms with Gasteiger partial charge in [-0.3, -0.25) is 14.8 Å². The summed E-state index contributed by atoms with van der Waals surface area (Å²) >= 11 is 0. The highest BCUT2D eigenvalue weighted by Crippen LogP contribution is 2.35. The number of benzene rings is 1. The van der Waals surface area contributed by atoms with Crippen LogP contribution in [0.15, 0.2) is 36.7 Å². The second kappa shape index (κ2) is 13.0. The average Bonchev–Trinajstić information content (AvgIpc) is 2.82. The minimum absolute atomic E-state index is 0.300. The Morgan fingerprint density at radius 2 is 1.62 bits per heavy atom. The van der Waals surface area contributed by atoms with Crippen molar-refractivity contribution in [2.24, 2.45) is 5.92 Å². The highest BCUT2D eigenvalue weighted by Gasteiger charge is 2.45. The number of hydrogen-bond acceptors (Lipinski definition) is 4. The Morgan fingerprint density at radius 3 is 2.12 bits per heavy atom. The van der Waals surface area contributed by atoms with Crippen LogP contribution in [0.3, 0.4) is 0 Å². The Balaban J connectivity index is 1.96. The van der Waals surface area contributed by atoms with Crippen molar-refractivity contribution in [1.82, 2.24) is 9.97 Å². The number of carboxylic acids is 1. The summed E-state index contributed by atoms with van der Waals surface area (Å²) in [6.45, 7) is 5.95. The molecule has 1 aromatic heterocycles. The molecule has 2 aromatic rings. The summed E-state index contributed by atoms with van der Waals surface area (Å²) in [7, 11) is 0. The molecule has 0 radical (unpaired) electrons. The summed E-state index contributed by atoms with van der Waals surface area (Å²) in [5.74, 6) is -1.40. The molecule has 0 amide bonds. The molecule has 5 heteroatoms. The third kappa shape index (κ3) is 6.38. The summed E-state index contributed by atoms with van der Waals surface area (Å²) < 4.78 is 0. The Hall–Kier alpha value is -2.74. The smallest absolute Gasteiger partial charge is 0.328 e. The number of carbonyl (C=O) groups is 1. The number of unbranched alkanes of at least 4 members (excludes halogenated alkanes) is 7. The van der Waals surface area contributed by atoms with Crippen LogP contribution in [0.1, 0.15) is 89.8 Å². The van der Waals surface area contributed by atoms with Crippen LogP contribution in [0.4, 0.5) is 0 Å². The van der Waals surface area contributed by atoms with Crippen LogP contribution in [0.5, 0.6) is 0 Å². The van der Waals surface area contributed by atoms with Gasteiger partial charge in [0.25, 0.3) is 0 Å². The summed E-state index contributed by atoms with van der Waals surface area (Å²) in [6.07, 6.45) is 15.5. The fourth-order valence-electron chi connectivity index (χ4n) is 4.12. The van der Waals surface area contributed by atoms with E-state index in [4.69, 9.17) is 0 Å². The molecule has 172 valence electrons. The summed E-state index contributed by atoms with van der Waals surface area (Å²) in [4.78, 5) is 21.1. The molecule has 0 bridgehead atoms. The van der Waals surface area contributed by atoms with Crippen molar-refractivity contribution < 1.29 is 9.90 Å². The predicted octanol–water partition coefficient (Wildman–Crippen LogP) is 6.72. The monoisotopic (exact) mass is 435 g/mol. The lowest BCUT2D eigenvalue weighted by Crippen LogP contribution is -2.40. The first-order valence-electron chi connectivity index (χ1n) is 12.1. The molecule has 1 N–H and O–H groups in total. The van der Waals surface area contributed by atoms with Crippen LogP contribution >= 0.6 is 0 Å². The first-order valence-corrected chi connectivity index (χ1v) is 12.1. The number of nitrogens with zero attached hydrogens (tertiary/aromatic N) is 3. The average molecular weight is 436 g/mol. The van der Waals surface area contributed by atoms with E-state index >= 15 is 0 Å². The zero-order valence-electron chi connectivity index (χ0n) is 19.8. The van der Waals surface area contributed by atoms with Crippen LogP contribution in [-0.4, -0.2) is 21.0 Å². The highest BCUT2D eigenvalue weighted by atomic mass is 16.4. The molecular formula is C27H37N3O2. The minimum atomic E-state index is -1.54. The Kier molecular flexibility index (Phi) is 10.3. The quantitative estimate of drug-likeness (QED) is 0.333. The van der Waals surface area contributed by atoms with E-state index in [1.54, 1.807) is 18.3 Å². The fraction of sp³-hybridized carbons (Fsp3) is 0.556. The van der Waals surface area contributed by atoms with Gasteiger partial charge in [0.05, 0.1) is 23.7 Å². The van der Waals surface area contributed by atoms with Crippen molar-refractivity contribution in [3.8, 4) is 17.3 Å². The van der Waals surface area contributed by atoms with Gasteiger partial charge < -0.3 is 5.11 Å². The van der Waals surface area contributed by atoms with Gasteiger partial charge in [-0.2, -0.15) is 5.26 Å². The van der Waals surface area contributed by atoms with Crippen LogP contribution in [0.2, 0.25) is 0 Å². The van der Waals surface area contributed by atoms with Crippen molar-refractivity contribution >= 4 is 5.97 Å². The van der Waals surface area contributed by atoms with E-state index in [0.29, 0.717) is 12.0 Å². The zero-order chi connectivity index (χ0) is 23.4. The van der Waals surface area contributed by atoms with E-state index in [9.17, 15) is 15.2 Å². The van der Waals surface area contributed by atoms with Gasteiger partial charge in [0.1, 0.15) is 0 Å². The number of aliphatic carboxylic acids is 1. The van der Waals surface area contributed by atoms with Gasteiger partial charge in [0, 0.05) is 11.8 Å². The molecule has 32 heavy (non-hydrogen) atoms. The van der Waals surface area contributed by atoms with Crippen molar-refractivity contribution in [1.29, 1.82) is 5.26 Å². The predicted molar refractivity (Wildman–Crippen MR) is 128 cm³/mol. The lowest BCUT2D eigenvalue weighted by Gasteiger charge is -2.28. The second-order valence-corrected chi connectivity index (χ2v) is 8.73. The van der Waals surface area contributed by atoms with Gasteiger partial charge in [-0.25, -0.2) is 0 Å². The maximum atomic E-state index is 12.0. The number of hydrogen-bond donors (Lipinski definition) is 1. The van der Waals surface area contributed by atoms with Gasteiger partial charge >= 0.3 is 5.97 Å². The largest absolute Gasteiger partial charge is 0.480 e. The highest BCUT2D eigenvalue weighted by molar-refractivity contribution is 5.85. The van der Waals surface area contributed by atoms with Gasteiger partial charge in [-0.1, -0.05) is 96.4 Å². The fourth-order valence-corrected chi connectivity index (χ4v) is 4.12. The first-order chi connectivity index (χ1) is 15.5. The van der Waals surface area contributed by atoms with Crippen molar-refractivity contribution in [2.45, 2.75) is 90.4 Å². The van der Waals surface area contributed by atoms with Gasteiger partial charge in [0.2, 0.25) is 0 Å². The SMILES string of the molecule is CCCCCCCCCCc1cnc(-c2ccc(C(C#N)(C(=O)O)C(C)CC)cc2)cn1. The van der Waals surface area contributed by atoms with Gasteiger partial charge in [-0.05, 0) is 24.3 Å². The van der Waals surface area contributed by atoms with Crippen molar-refractivity contribution in [2.75, 3.05) is 0 Å². The third-order valence-corrected chi connectivity index (χ3v) is 6.49. The van der Waals surface area contributed by atoms with Gasteiger partial charge in [-0.15, -0.1) is 0 Å². The Bertz CT molecular complexity index is 871. The molecule has 0 aliphatic carbocycles. The Labute approximate surface area is 192 Å². The van der Waals surface area contributed by atoms with Crippen LogP contribution in [0, 0.1) is 17.2 Å². The number of nitriles is 1. The molecule has 0 spiro atoms. The molecule has 2 atom stereocenters. The van der Waals surface area contributed by atoms with E-state index in [2.05, 4.69) is 23.0 Å². The molecule has 2 unspecified atom stereocenters. The molecule has 1 aromatic carbocycles. The molecule has 0 aliphatic rings. The van der Waals surface area contributed by atoms with Crippen LogP contribution in [-0.2, 0) is 16.6 Å². The molecule has 1 heterocycles. The van der Waals surface area contributed by atoms with Crippen LogP contribution in [0.25, 0.3) is 11.3 Å². The molecule has 0 aliphatic heterocycles. The number of aromatic nitrogens is 2. The maximum absolute atomic E-state index is 12.0. The lowest BCUT2D eigenvalue weighted by atomic mass is 9.71. The van der Waals surface area contributed by atoms with Crippen molar-refractivity contribution in [3.63, 3.8) is 0 Å². The van der Waals surface area contributed by atoms with E-state index < -0.39 is 11.4 Å². The molecular weight excluding hydrogens is 398 g/mol. The van der Waals surface area contributed by atoms with Crippen LogP contribution < -0.4 is 0 Å². The summed E-state index contributed by atoms with van der Waals surface area (Å²) in [5, 5.41) is 19.5. The topological polar surface area (TPSA) is 86.9 Å². The first kappa shape index (κ1) is 25.5. The van der Waals surface area contributed by atoms with E-state index in [1.807, 2.05) is 32.2 Å². The normalized spacial score (nSPS) is 13.8. The van der Waals surface area contributed by atoms with E-state index in [0.717, 1.165) is 29.8 Å². The Morgan fingerprint density at radius 1 is 1.00 bits per heavy atom. The van der Waals surface area contributed by atoms with E-state index in [-0.39, 0.29) is 5.92 Å². The molecule has 0 saturated heterocycles. The molecule has 2 rings (SSSR count). The van der Waals surface area contributed by atoms with Gasteiger partial charge in [0.15, 0.2) is 5.41 Å². The second-order valence-electron chi connectivity index (χ2n) is 8.73. The standard InChI is InChI=1S/C27H37N3O2/c1-4-6-7-8-9-10-11-12-13-24-18-30-25(19-29-24)22-14-16-23(17-15-22)27(20-28,26(31)32)21(3)5-2/h14-19,21H,4-13H2,1-3H3,(H,31,32). The molecule has 5 nitrogen and oxygen atoms in total. The number of rotatable bonds is 14. The van der Waals surface area contributed by atoms with E-state index in [1.165, 1.54) is 44.9 Å². The minimum Gasteiger partial charge on any atom is -0.480 e. The summed E-state index contributed by atoms with van der Waals surface area (Å²) in [6, 6.07) is 9.18. The molecule has 0 saturated carbocycles. The third-order valence-electron chi connectivity index (χ3n) is 6.49. The lowest BCUT2D eigenvalue weighted by molar-refractivity contribution is -0.143. The number of carboxylic acid groups (broad SMARTS) is 1. The number of aryl methyl sites for hydroxylation is 1. The van der Waals surface area contributed by atoms with Crippen molar-refractivity contribution in [3.05, 3.63) is 47.9 Å². The zero-order valence-corrected chi connectivity index (χ0v) is 19.8. The summed E-state index contributed by atoms with van der Waals surface area (Å²) in [5.41, 5.74) is 1.57. The maximum Gasteiger partial charge on any atom is 0.328 e.